The highest BCUT2D eigenvalue weighted by atomic mass is 127. The summed E-state index contributed by atoms with van der Waals surface area (Å²) < 4.78 is 7.80. The highest BCUT2D eigenvalue weighted by Gasteiger charge is 2.01. The van der Waals surface area contributed by atoms with E-state index < -0.39 is 0 Å². The Balaban J connectivity index is 0.00000450. The highest BCUT2D eigenvalue weighted by Crippen LogP contribution is 2.03. The van der Waals surface area contributed by atoms with E-state index >= 15 is 0 Å². The number of aryl methyl sites for hydroxylation is 3. The molecule has 0 unspecified atom stereocenters. The predicted molar refractivity (Wildman–Crippen MR) is 136 cm³/mol. The summed E-state index contributed by atoms with van der Waals surface area (Å²) in [7, 11) is 0. The Bertz CT molecular complexity index is 718. The largest absolute Gasteiger partial charge is 0.381 e. The Morgan fingerprint density at radius 2 is 1.87 bits per heavy atom. The van der Waals surface area contributed by atoms with Crippen molar-refractivity contribution in [2.24, 2.45) is 4.99 Å². The smallest absolute Gasteiger partial charge is 0.191 e. The minimum Gasteiger partial charge on any atom is -0.381 e. The number of aliphatic imine (C=N–C) groups is 1. The van der Waals surface area contributed by atoms with Gasteiger partial charge < -0.3 is 15.4 Å². The standard InChI is InChI=1S/C23H37N5O.HI/c1-4-24-23(26-15-10-16-28-21(3)19-20(2)27-28)25-14-8-9-17-29-18-13-22-11-6-5-7-12-22;/h5-7,11-12,19H,4,8-10,13-18H2,1-3H3,(H2,24,25,26);1H. The van der Waals surface area contributed by atoms with Crippen LogP contribution >= 0.6 is 24.0 Å². The number of nitrogens with one attached hydrogen (secondary N) is 2. The first-order valence-corrected chi connectivity index (χ1v) is 10.8. The molecule has 0 amide bonds. The highest BCUT2D eigenvalue weighted by molar-refractivity contribution is 14.0. The topological polar surface area (TPSA) is 63.5 Å². The van der Waals surface area contributed by atoms with Gasteiger partial charge in [-0.25, -0.2) is 0 Å². The van der Waals surface area contributed by atoms with Crippen molar-refractivity contribution in [3.8, 4) is 0 Å². The Morgan fingerprint density at radius 3 is 2.57 bits per heavy atom. The quantitative estimate of drug-likeness (QED) is 0.178. The number of ether oxygens (including phenoxy) is 1. The zero-order valence-electron chi connectivity index (χ0n) is 18.7. The van der Waals surface area contributed by atoms with Crippen molar-refractivity contribution in [1.82, 2.24) is 20.4 Å². The van der Waals surface area contributed by atoms with Crippen LogP contribution in [-0.4, -0.2) is 48.6 Å². The summed E-state index contributed by atoms with van der Waals surface area (Å²) in [5.41, 5.74) is 3.62. The van der Waals surface area contributed by atoms with Gasteiger partial charge in [0.1, 0.15) is 0 Å². The molecule has 2 aromatic rings. The monoisotopic (exact) mass is 527 g/mol. The van der Waals surface area contributed by atoms with Gasteiger partial charge in [0.25, 0.3) is 0 Å². The van der Waals surface area contributed by atoms with Crippen LogP contribution in [0.25, 0.3) is 0 Å². The summed E-state index contributed by atoms with van der Waals surface area (Å²) in [6.45, 7) is 11.3. The second-order valence-corrected chi connectivity index (χ2v) is 7.25. The number of hydrogen-bond acceptors (Lipinski definition) is 3. The molecule has 6 nitrogen and oxygen atoms in total. The van der Waals surface area contributed by atoms with Gasteiger partial charge in [0, 0.05) is 38.5 Å². The summed E-state index contributed by atoms with van der Waals surface area (Å²) >= 11 is 0. The van der Waals surface area contributed by atoms with Crippen LogP contribution in [0.15, 0.2) is 41.4 Å². The van der Waals surface area contributed by atoms with E-state index in [-0.39, 0.29) is 24.0 Å². The lowest BCUT2D eigenvalue weighted by atomic mass is 10.2. The number of hydrogen-bond donors (Lipinski definition) is 2. The van der Waals surface area contributed by atoms with Crippen LogP contribution in [0.4, 0.5) is 0 Å². The van der Waals surface area contributed by atoms with E-state index in [0.717, 1.165) is 76.7 Å². The molecule has 0 fully saturated rings. The predicted octanol–water partition coefficient (Wildman–Crippen LogP) is 4.10. The summed E-state index contributed by atoms with van der Waals surface area (Å²) in [5.74, 6) is 0.894. The molecule has 2 N–H and O–H groups in total. The van der Waals surface area contributed by atoms with Crippen molar-refractivity contribution >= 4 is 29.9 Å². The molecule has 0 bridgehead atoms. The fraction of sp³-hybridized carbons (Fsp3) is 0.565. The number of unbranched alkanes of at least 4 members (excludes halogenated alkanes) is 1. The third kappa shape index (κ3) is 11.0. The Kier molecular flexibility index (Phi) is 14.2. The Hall–Kier alpha value is -1.61. The van der Waals surface area contributed by atoms with Crippen LogP contribution < -0.4 is 10.6 Å². The number of rotatable bonds is 13. The molecule has 7 heteroatoms. The van der Waals surface area contributed by atoms with Crippen LogP contribution in [0.3, 0.4) is 0 Å². The molecule has 168 valence electrons. The number of aromatic nitrogens is 2. The van der Waals surface area contributed by atoms with Gasteiger partial charge in [-0.1, -0.05) is 30.3 Å². The van der Waals surface area contributed by atoms with E-state index in [2.05, 4.69) is 69.6 Å². The minimum absolute atomic E-state index is 0. The van der Waals surface area contributed by atoms with Crippen molar-refractivity contribution in [3.63, 3.8) is 0 Å². The molecule has 0 radical (unpaired) electrons. The molecule has 0 atom stereocenters. The van der Waals surface area contributed by atoms with E-state index in [1.54, 1.807) is 0 Å². The summed E-state index contributed by atoms with van der Waals surface area (Å²) in [4.78, 5) is 4.67. The van der Waals surface area contributed by atoms with Crippen LogP contribution in [-0.2, 0) is 17.7 Å². The molecule has 0 aliphatic heterocycles. The molecule has 0 saturated carbocycles. The summed E-state index contributed by atoms with van der Waals surface area (Å²) in [5, 5.41) is 11.2. The van der Waals surface area contributed by atoms with Gasteiger partial charge in [0.2, 0.25) is 0 Å². The van der Waals surface area contributed by atoms with Gasteiger partial charge in [-0.15, -0.1) is 24.0 Å². The molecular formula is C23H38IN5O. The third-order valence-corrected chi connectivity index (χ3v) is 4.63. The van der Waals surface area contributed by atoms with E-state index in [1.807, 2.05) is 13.0 Å². The van der Waals surface area contributed by atoms with Gasteiger partial charge in [-0.3, -0.25) is 9.67 Å². The number of guanidine groups is 1. The zero-order valence-corrected chi connectivity index (χ0v) is 21.0. The SMILES string of the molecule is CCNC(=NCCCn1nc(C)cc1C)NCCCCOCCc1ccccc1.I. The van der Waals surface area contributed by atoms with Gasteiger partial charge >= 0.3 is 0 Å². The van der Waals surface area contributed by atoms with Crippen LogP contribution in [0.5, 0.6) is 0 Å². The second-order valence-electron chi connectivity index (χ2n) is 7.25. The van der Waals surface area contributed by atoms with Crippen molar-refractivity contribution < 1.29 is 4.74 Å². The molecule has 0 saturated heterocycles. The Labute approximate surface area is 198 Å². The number of nitrogens with zero attached hydrogens (tertiary/aromatic N) is 3. The Morgan fingerprint density at radius 1 is 1.07 bits per heavy atom. The zero-order chi connectivity index (χ0) is 20.7. The fourth-order valence-corrected chi connectivity index (χ4v) is 3.13. The maximum Gasteiger partial charge on any atom is 0.191 e. The van der Waals surface area contributed by atoms with Gasteiger partial charge in [-0.2, -0.15) is 5.10 Å². The number of benzene rings is 1. The molecule has 0 spiro atoms. The lowest BCUT2D eigenvalue weighted by Crippen LogP contribution is -2.38. The van der Waals surface area contributed by atoms with Crippen LogP contribution in [0.2, 0.25) is 0 Å². The molecular weight excluding hydrogens is 489 g/mol. The normalized spacial score (nSPS) is 11.2. The van der Waals surface area contributed by atoms with Gasteiger partial charge in [-0.05, 0) is 58.1 Å². The molecule has 1 heterocycles. The molecule has 2 rings (SSSR count). The van der Waals surface area contributed by atoms with E-state index in [4.69, 9.17) is 4.74 Å². The second kappa shape index (κ2) is 16.1. The number of halogens is 1. The minimum atomic E-state index is 0. The molecule has 1 aromatic heterocycles. The lowest BCUT2D eigenvalue weighted by molar-refractivity contribution is 0.133. The summed E-state index contributed by atoms with van der Waals surface area (Å²) in [6, 6.07) is 12.6. The molecule has 1 aromatic carbocycles. The van der Waals surface area contributed by atoms with E-state index in [1.165, 1.54) is 11.3 Å². The maximum absolute atomic E-state index is 5.74. The first-order chi connectivity index (χ1) is 14.2. The maximum atomic E-state index is 5.74. The van der Waals surface area contributed by atoms with E-state index in [9.17, 15) is 0 Å². The van der Waals surface area contributed by atoms with Crippen molar-refractivity contribution in [2.75, 3.05) is 32.8 Å². The van der Waals surface area contributed by atoms with Gasteiger partial charge in [0.15, 0.2) is 5.96 Å². The van der Waals surface area contributed by atoms with Crippen LogP contribution in [0.1, 0.15) is 43.1 Å². The summed E-state index contributed by atoms with van der Waals surface area (Å²) in [6.07, 6.45) is 4.09. The fourth-order valence-electron chi connectivity index (χ4n) is 3.13. The molecule has 30 heavy (non-hydrogen) atoms. The third-order valence-electron chi connectivity index (χ3n) is 4.63. The van der Waals surface area contributed by atoms with Crippen molar-refractivity contribution in [1.29, 1.82) is 0 Å². The van der Waals surface area contributed by atoms with Crippen LogP contribution in [0, 0.1) is 13.8 Å². The molecule has 0 aliphatic carbocycles. The van der Waals surface area contributed by atoms with Crippen molar-refractivity contribution in [2.45, 2.75) is 53.0 Å². The first kappa shape index (κ1) is 26.4. The first-order valence-electron chi connectivity index (χ1n) is 10.8. The van der Waals surface area contributed by atoms with E-state index in [0.29, 0.717) is 0 Å². The average molecular weight is 527 g/mol. The molecule has 0 aliphatic rings. The van der Waals surface area contributed by atoms with Gasteiger partial charge in [0.05, 0.1) is 12.3 Å². The van der Waals surface area contributed by atoms with Crippen molar-refractivity contribution in [3.05, 3.63) is 53.3 Å². The lowest BCUT2D eigenvalue weighted by Gasteiger charge is -2.11. The average Bonchev–Trinajstić information content (AvgIpc) is 3.04.